The summed E-state index contributed by atoms with van der Waals surface area (Å²) in [6, 6.07) is 8.13. The molecular weight excluding hydrogens is 268 g/mol. The Balaban J connectivity index is 2.23. The molecule has 0 bridgehead atoms. The maximum Gasteiger partial charge on any atom is 0.337 e. The summed E-state index contributed by atoms with van der Waals surface area (Å²) in [5.41, 5.74) is 1.52. The second kappa shape index (κ2) is 5.58. The first-order valence-corrected chi connectivity index (χ1v) is 5.78. The Labute approximate surface area is 114 Å². The van der Waals surface area contributed by atoms with Crippen molar-refractivity contribution in [2.45, 2.75) is 0 Å². The number of nitrogens with zero attached hydrogens (tertiary/aromatic N) is 1. The van der Waals surface area contributed by atoms with E-state index in [9.17, 15) is 4.79 Å². The third kappa shape index (κ3) is 3.14. The van der Waals surface area contributed by atoms with E-state index in [4.69, 9.17) is 21.4 Å². The Morgan fingerprint density at radius 3 is 2.68 bits per heavy atom. The Kier molecular flexibility index (Phi) is 3.87. The largest absolute Gasteiger partial charge is 0.481 e. The second-order valence-electron chi connectivity index (χ2n) is 3.71. The van der Waals surface area contributed by atoms with Crippen molar-refractivity contribution in [3.8, 4) is 5.88 Å². The standard InChI is InChI=1S/C13H11ClN2O3/c1-19-12-7-9(4-5-15-12)16-8-2-3-10(13(17)18)11(14)6-8/h2-7H,1H3,(H,15,16)(H,17,18). The molecule has 1 aromatic carbocycles. The summed E-state index contributed by atoms with van der Waals surface area (Å²) < 4.78 is 5.01. The molecule has 98 valence electrons. The fourth-order valence-corrected chi connectivity index (χ4v) is 1.79. The number of halogens is 1. The summed E-state index contributed by atoms with van der Waals surface area (Å²) in [6.07, 6.45) is 1.61. The number of carbonyl (C=O) groups is 1. The lowest BCUT2D eigenvalue weighted by Crippen LogP contribution is -1.98. The maximum absolute atomic E-state index is 10.8. The minimum absolute atomic E-state index is 0.0690. The number of anilines is 2. The number of nitrogens with one attached hydrogen (secondary N) is 1. The molecule has 0 saturated heterocycles. The molecule has 2 rings (SSSR count). The molecule has 1 aromatic heterocycles. The Bertz CT molecular complexity index is 617. The monoisotopic (exact) mass is 278 g/mol. The summed E-state index contributed by atoms with van der Waals surface area (Å²) in [4.78, 5) is 14.8. The minimum Gasteiger partial charge on any atom is -0.481 e. The van der Waals surface area contributed by atoms with Gasteiger partial charge in [-0.15, -0.1) is 0 Å². The highest BCUT2D eigenvalue weighted by Gasteiger charge is 2.09. The molecule has 0 unspecified atom stereocenters. The summed E-state index contributed by atoms with van der Waals surface area (Å²) in [7, 11) is 1.53. The molecule has 2 aromatic rings. The zero-order valence-corrected chi connectivity index (χ0v) is 10.8. The van der Waals surface area contributed by atoms with Crippen molar-refractivity contribution in [2.24, 2.45) is 0 Å². The zero-order valence-electron chi connectivity index (χ0n) is 10.1. The first-order chi connectivity index (χ1) is 9.10. The van der Waals surface area contributed by atoms with Gasteiger partial charge in [0, 0.05) is 23.6 Å². The highest BCUT2D eigenvalue weighted by atomic mass is 35.5. The number of hydrogen-bond donors (Lipinski definition) is 2. The van der Waals surface area contributed by atoms with Crippen LogP contribution in [-0.4, -0.2) is 23.2 Å². The molecule has 1 heterocycles. The van der Waals surface area contributed by atoms with E-state index in [1.54, 1.807) is 30.5 Å². The molecule has 0 radical (unpaired) electrons. The van der Waals surface area contributed by atoms with Gasteiger partial charge in [-0.3, -0.25) is 0 Å². The van der Waals surface area contributed by atoms with Gasteiger partial charge in [0.1, 0.15) is 0 Å². The topological polar surface area (TPSA) is 71.5 Å². The molecule has 0 spiro atoms. The van der Waals surface area contributed by atoms with Crippen molar-refractivity contribution in [1.29, 1.82) is 0 Å². The summed E-state index contributed by atoms with van der Waals surface area (Å²) in [5.74, 6) is -0.569. The third-order valence-corrected chi connectivity index (χ3v) is 2.74. The van der Waals surface area contributed by atoms with Crippen LogP contribution in [-0.2, 0) is 0 Å². The van der Waals surface area contributed by atoms with Crippen molar-refractivity contribution >= 4 is 28.9 Å². The Morgan fingerprint density at radius 2 is 2.05 bits per heavy atom. The van der Waals surface area contributed by atoms with E-state index in [0.717, 1.165) is 5.69 Å². The lowest BCUT2D eigenvalue weighted by atomic mass is 10.2. The van der Waals surface area contributed by atoms with Crippen LogP contribution < -0.4 is 10.1 Å². The van der Waals surface area contributed by atoms with Crippen LogP contribution in [0.15, 0.2) is 36.5 Å². The van der Waals surface area contributed by atoms with E-state index >= 15 is 0 Å². The lowest BCUT2D eigenvalue weighted by molar-refractivity contribution is 0.0697. The quantitative estimate of drug-likeness (QED) is 0.899. The molecule has 0 fully saturated rings. The van der Waals surface area contributed by atoms with E-state index in [1.807, 2.05) is 0 Å². The third-order valence-electron chi connectivity index (χ3n) is 2.43. The Morgan fingerprint density at radius 1 is 1.32 bits per heavy atom. The van der Waals surface area contributed by atoms with Crippen molar-refractivity contribution in [2.75, 3.05) is 12.4 Å². The van der Waals surface area contributed by atoms with Crippen molar-refractivity contribution < 1.29 is 14.6 Å². The average Bonchev–Trinajstić information content (AvgIpc) is 2.38. The molecule has 2 N–H and O–H groups in total. The van der Waals surface area contributed by atoms with E-state index in [-0.39, 0.29) is 10.6 Å². The number of aromatic carboxylic acids is 1. The number of rotatable bonds is 4. The average molecular weight is 279 g/mol. The molecule has 0 atom stereocenters. The molecule has 5 nitrogen and oxygen atoms in total. The van der Waals surface area contributed by atoms with E-state index in [1.165, 1.54) is 13.2 Å². The highest BCUT2D eigenvalue weighted by Crippen LogP contribution is 2.24. The van der Waals surface area contributed by atoms with E-state index in [2.05, 4.69) is 10.3 Å². The zero-order chi connectivity index (χ0) is 13.8. The number of pyridine rings is 1. The summed E-state index contributed by atoms with van der Waals surface area (Å²) in [5, 5.41) is 12.2. The number of carboxylic acids is 1. The van der Waals surface area contributed by atoms with Gasteiger partial charge in [-0.05, 0) is 24.3 Å². The minimum atomic E-state index is -1.05. The number of benzene rings is 1. The van der Waals surface area contributed by atoms with Gasteiger partial charge >= 0.3 is 5.97 Å². The smallest absolute Gasteiger partial charge is 0.337 e. The first kappa shape index (κ1) is 13.2. The van der Waals surface area contributed by atoms with Crippen LogP contribution in [0.1, 0.15) is 10.4 Å². The van der Waals surface area contributed by atoms with E-state index < -0.39 is 5.97 Å². The van der Waals surface area contributed by atoms with Crippen LogP contribution in [0.25, 0.3) is 0 Å². The Hall–Kier alpha value is -2.27. The van der Waals surface area contributed by atoms with Gasteiger partial charge < -0.3 is 15.2 Å². The van der Waals surface area contributed by atoms with Crippen LogP contribution in [0.4, 0.5) is 11.4 Å². The highest BCUT2D eigenvalue weighted by molar-refractivity contribution is 6.33. The molecule has 0 aliphatic rings. The molecular formula is C13H11ClN2O3. The summed E-state index contributed by atoms with van der Waals surface area (Å²) in [6.45, 7) is 0. The van der Waals surface area contributed by atoms with Gasteiger partial charge in [0.25, 0.3) is 0 Å². The number of hydrogen-bond acceptors (Lipinski definition) is 4. The number of carboxylic acid groups (broad SMARTS) is 1. The van der Waals surface area contributed by atoms with Crippen LogP contribution in [0.5, 0.6) is 5.88 Å². The van der Waals surface area contributed by atoms with Crippen LogP contribution in [0.2, 0.25) is 5.02 Å². The van der Waals surface area contributed by atoms with Crippen LogP contribution >= 0.6 is 11.6 Å². The second-order valence-corrected chi connectivity index (χ2v) is 4.12. The SMILES string of the molecule is COc1cc(Nc2ccc(C(=O)O)c(Cl)c2)ccn1. The predicted molar refractivity (Wildman–Crippen MR) is 72.5 cm³/mol. The van der Waals surface area contributed by atoms with Gasteiger partial charge in [-0.2, -0.15) is 0 Å². The molecule has 19 heavy (non-hydrogen) atoms. The molecule has 0 aliphatic carbocycles. The first-order valence-electron chi connectivity index (χ1n) is 5.40. The van der Waals surface area contributed by atoms with Gasteiger partial charge in [-0.25, -0.2) is 9.78 Å². The normalized spacial score (nSPS) is 10.0. The van der Waals surface area contributed by atoms with Crippen molar-refractivity contribution in [3.05, 3.63) is 47.1 Å². The van der Waals surface area contributed by atoms with Gasteiger partial charge in [0.05, 0.1) is 17.7 Å². The lowest BCUT2D eigenvalue weighted by Gasteiger charge is -2.08. The number of aromatic nitrogens is 1. The molecule has 0 aliphatic heterocycles. The van der Waals surface area contributed by atoms with Crippen LogP contribution in [0.3, 0.4) is 0 Å². The van der Waals surface area contributed by atoms with E-state index in [0.29, 0.717) is 11.6 Å². The molecule has 6 heteroatoms. The number of methoxy groups -OCH3 is 1. The maximum atomic E-state index is 10.8. The summed E-state index contributed by atoms with van der Waals surface area (Å²) >= 11 is 5.89. The van der Waals surface area contributed by atoms with Crippen molar-refractivity contribution in [3.63, 3.8) is 0 Å². The van der Waals surface area contributed by atoms with Gasteiger partial charge in [-0.1, -0.05) is 11.6 Å². The predicted octanol–water partition coefficient (Wildman–Crippen LogP) is 3.19. The van der Waals surface area contributed by atoms with Crippen LogP contribution in [0, 0.1) is 0 Å². The van der Waals surface area contributed by atoms with Gasteiger partial charge in [0.15, 0.2) is 0 Å². The molecule has 0 amide bonds. The molecule has 0 saturated carbocycles. The van der Waals surface area contributed by atoms with Crippen molar-refractivity contribution in [1.82, 2.24) is 4.98 Å². The fraction of sp³-hybridized carbons (Fsp3) is 0.0769. The van der Waals surface area contributed by atoms with Gasteiger partial charge in [0.2, 0.25) is 5.88 Å². The fourth-order valence-electron chi connectivity index (χ4n) is 1.53. The number of ether oxygens (including phenoxy) is 1.